The van der Waals surface area contributed by atoms with E-state index in [9.17, 15) is 14.7 Å². The van der Waals surface area contributed by atoms with E-state index < -0.39 is 18.5 Å². The average Bonchev–Trinajstić information content (AvgIpc) is 2.87. The first-order valence-electron chi connectivity index (χ1n) is 12.0. The molecule has 0 bridgehead atoms. The van der Waals surface area contributed by atoms with Crippen molar-refractivity contribution in [1.82, 2.24) is 10.3 Å². The topological polar surface area (TPSA) is 162 Å². The third-order valence-electron chi connectivity index (χ3n) is 5.59. The fraction of sp³-hybridized carbons (Fsp3) is 0.259. The van der Waals surface area contributed by atoms with E-state index >= 15 is 0 Å². The van der Waals surface area contributed by atoms with Crippen LogP contribution in [-0.2, 0) is 17.8 Å². The second kappa shape index (κ2) is 13.4. The molecule has 0 fully saturated rings. The van der Waals surface area contributed by atoms with Crippen LogP contribution in [0.1, 0.15) is 39.3 Å². The maximum atomic E-state index is 13.1. The van der Waals surface area contributed by atoms with Gasteiger partial charge in [0.25, 0.3) is 5.91 Å². The Labute approximate surface area is 226 Å². The smallest absolute Gasteiger partial charge is 0.341 e. The highest BCUT2D eigenvalue weighted by Crippen LogP contribution is 2.28. The van der Waals surface area contributed by atoms with Crippen LogP contribution in [-0.4, -0.2) is 48.0 Å². The van der Waals surface area contributed by atoms with Crippen LogP contribution in [0.4, 0.5) is 11.4 Å². The minimum atomic E-state index is -1.08. The molecule has 0 radical (unpaired) electrons. The van der Waals surface area contributed by atoms with Gasteiger partial charge in [-0.25, -0.2) is 4.79 Å². The van der Waals surface area contributed by atoms with Gasteiger partial charge in [-0.15, -0.1) is 0 Å². The third kappa shape index (κ3) is 7.92. The van der Waals surface area contributed by atoms with E-state index in [1.54, 1.807) is 42.5 Å². The number of aliphatic carboxylic acids is 1. The summed E-state index contributed by atoms with van der Waals surface area (Å²) in [7, 11) is 1.87. The van der Waals surface area contributed by atoms with Crippen molar-refractivity contribution in [2.24, 2.45) is 5.73 Å². The lowest BCUT2D eigenvalue weighted by Gasteiger charge is -2.18. The van der Waals surface area contributed by atoms with Gasteiger partial charge in [-0.3, -0.25) is 15.2 Å². The van der Waals surface area contributed by atoms with E-state index in [2.05, 4.69) is 20.9 Å². The molecule has 3 aromatic rings. The number of aromatic nitrogens is 1. The highest BCUT2D eigenvalue weighted by atomic mass is 35.5. The zero-order valence-electron chi connectivity index (χ0n) is 21.2. The number of pyridine rings is 1. The molecule has 10 nitrogen and oxygen atoms in total. The molecule has 1 amide bonds. The van der Waals surface area contributed by atoms with Gasteiger partial charge in [0, 0.05) is 27.7 Å². The van der Waals surface area contributed by atoms with Gasteiger partial charge in [0.1, 0.15) is 17.3 Å². The molecule has 0 unspecified atom stereocenters. The van der Waals surface area contributed by atoms with E-state index in [1.807, 2.05) is 20.0 Å². The first kappa shape index (κ1) is 28.4. The zero-order chi connectivity index (χ0) is 27.7. The van der Waals surface area contributed by atoms with E-state index in [1.165, 1.54) is 0 Å². The first-order valence-corrected chi connectivity index (χ1v) is 12.3. The summed E-state index contributed by atoms with van der Waals surface area (Å²) in [6, 6.07) is 13.4. The van der Waals surface area contributed by atoms with Crippen LogP contribution in [0, 0.1) is 12.3 Å². The molecule has 0 aliphatic heterocycles. The number of nitrogens with zero attached hydrogens (tertiary/aromatic N) is 1. The molecule has 1 aromatic heterocycles. The van der Waals surface area contributed by atoms with Gasteiger partial charge in [0.15, 0.2) is 6.61 Å². The molecule has 200 valence electrons. The van der Waals surface area contributed by atoms with Crippen LogP contribution in [0.15, 0.2) is 48.5 Å². The normalized spacial score (nSPS) is 10.6. The Morgan fingerprint density at radius 2 is 1.89 bits per heavy atom. The van der Waals surface area contributed by atoms with Crippen LogP contribution >= 0.6 is 11.6 Å². The van der Waals surface area contributed by atoms with Gasteiger partial charge in [0.2, 0.25) is 0 Å². The van der Waals surface area contributed by atoms with Gasteiger partial charge >= 0.3 is 5.97 Å². The number of hydrogen-bond donors (Lipinski definition) is 6. The van der Waals surface area contributed by atoms with Gasteiger partial charge < -0.3 is 31.5 Å². The highest BCUT2D eigenvalue weighted by Gasteiger charge is 2.17. The number of nitrogens with one attached hydrogen (secondary N) is 4. The predicted molar refractivity (Wildman–Crippen MR) is 149 cm³/mol. The van der Waals surface area contributed by atoms with E-state index in [0.717, 1.165) is 24.2 Å². The lowest BCUT2D eigenvalue weighted by molar-refractivity contribution is -0.139. The number of amides is 1. The quantitative estimate of drug-likeness (QED) is 0.109. The SMILES string of the molecule is CNCCCc1cc(C)nc(CNc2ccc(Cl)cc2C(=O)Nc2ccc(C(=N)N)cc2)c1OCC(=O)O. The lowest BCUT2D eigenvalue weighted by atomic mass is 10.1. The highest BCUT2D eigenvalue weighted by molar-refractivity contribution is 6.31. The third-order valence-corrected chi connectivity index (χ3v) is 5.82. The van der Waals surface area contributed by atoms with Crippen molar-refractivity contribution in [2.45, 2.75) is 26.3 Å². The van der Waals surface area contributed by atoms with E-state index in [0.29, 0.717) is 45.4 Å². The number of hydrogen-bond acceptors (Lipinski definition) is 7. The fourth-order valence-electron chi connectivity index (χ4n) is 3.84. The molecule has 38 heavy (non-hydrogen) atoms. The molecule has 11 heteroatoms. The molecule has 2 aromatic carbocycles. The maximum absolute atomic E-state index is 13.1. The summed E-state index contributed by atoms with van der Waals surface area (Å²) in [4.78, 5) is 28.9. The average molecular weight is 539 g/mol. The largest absolute Gasteiger partial charge is 0.480 e. The number of aryl methyl sites for hydroxylation is 2. The Balaban J connectivity index is 1.85. The Kier molecular flexibility index (Phi) is 10.0. The van der Waals surface area contributed by atoms with E-state index in [4.69, 9.17) is 27.5 Å². The van der Waals surface area contributed by atoms with Crippen molar-refractivity contribution in [3.63, 3.8) is 0 Å². The van der Waals surface area contributed by atoms with Crippen LogP contribution < -0.4 is 26.4 Å². The number of carbonyl (C=O) groups excluding carboxylic acids is 1. The molecule has 7 N–H and O–H groups in total. The number of amidine groups is 1. The number of ether oxygens (including phenoxy) is 1. The second-order valence-electron chi connectivity index (χ2n) is 8.58. The standard InChI is InChI=1S/C27H31ClN6O4/c1-16-12-18(4-3-11-31-2)25(38-15-24(35)36)23(33-16)14-32-22-10-7-19(28)13-21(22)27(37)34-20-8-5-17(6-9-20)26(29)30/h5-10,12-13,31-32H,3-4,11,14-15H2,1-2H3,(H3,29,30)(H,34,37)(H,35,36). The van der Waals surface area contributed by atoms with Crippen LogP contribution in [0.2, 0.25) is 5.02 Å². The molecule has 0 saturated heterocycles. The summed E-state index contributed by atoms with van der Waals surface area (Å²) in [5, 5.41) is 26.2. The zero-order valence-corrected chi connectivity index (χ0v) is 22.0. The predicted octanol–water partition coefficient (Wildman–Crippen LogP) is 3.81. The molecule has 3 rings (SSSR count). The van der Waals surface area contributed by atoms with Crippen LogP contribution in [0.25, 0.3) is 0 Å². The number of nitrogens with two attached hydrogens (primary N) is 1. The van der Waals surface area contributed by atoms with Gasteiger partial charge in [-0.2, -0.15) is 0 Å². The number of nitrogen functional groups attached to an aromatic ring is 1. The van der Waals surface area contributed by atoms with E-state index in [-0.39, 0.29) is 12.4 Å². The Bertz CT molecular complexity index is 1310. The van der Waals surface area contributed by atoms with Crippen molar-refractivity contribution in [3.05, 3.63) is 81.6 Å². The summed E-state index contributed by atoms with van der Waals surface area (Å²) in [5.41, 5.74) is 9.56. The Morgan fingerprint density at radius 3 is 2.55 bits per heavy atom. The number of carbonyl (C=O) groups is 2. The number of rotatable bonds is 13. The summed E-state index contributed by atoms with van der Waals surface area (Å²) in [6.07, 6.45) is 1.52. The molecular weight excluding hydrogens is 508 g/mol. The number of carboxylic acid groups (broad SMARTS) is 1. The van der Waals surface area contributed by atoms with Crippen molar-refractivity contribution < 1.29 is 19.4 Å². The van der Waals surface area contributed by atoms with Crippen molar-refractivity contribution in [1.29, 1.82) is 5.41 Å². The minimum Gasteiger partial charge on any atom is -0.480 e. The second-order valence-corrected chi connectivity index (χ2v) is 9.01. The first-order chi connectivity index (χ1) is 18.2. The van der Waals surface area contributed by atoms with Gasteiger partial charge in [0.05, 0.1) is 12.1 Å². The van der Waals surface area contributed by atoms with Crippen LogP contribution in [0.5, 0.6) is 5.75 Å². The summed E-state index contributed by atoms with van der Waals surface area (Å²) < 4.78 is 5.66. The number of anilines is 2. The number of halogens is 1. The van der Waals surface area contributed by atoms with Crippen LogP contribution in [0.3, 0.4) is 0 Å². The van der Waals surface area contributed by atoms with Crippen molar-refractivity contribution in [3.8, 4) is 5.75 Å². The summed E-state index contributed by atoms with van der Waals surface area (Å²) in [6.45, 7) is 2.36. The minimum absolute atomic E-state index is 0.0640. The number of carboxylic acids is 1. The maximum Gasteiger partial charge on any atom is 0.341 e. The van der Waals surface area contributed by atoms with Crippen molar-refractivity contribution >= 4 is 40.7 Å². The monoisotopic (exact) mass is 538 g/mol. The Hall–Kier alpha value is -4.15. The molecule has 1 heterocycles. The van der Waals surface area contributed by atoms with Gasteiger partial charge in [-0.1, -0.05) is 11.6 Å². The molecule has 0 saturated carbocycles. The summed E-state index contributed by atoms with van der Waals surface area (Å²) in [5.74, 6) is -1.12. The molecular formula is C27H31ClN6O4. The molecule has 0 atom stereocenters. The fourth-order valence-corrected chi connectivity index (χ4v) is 4.01. The lowest BCUT2D eigenvalue weighted by Crippen LogP contribution is -2.17. The number of benzene rings is 2. The molecule has 0 aliphatic rings. The van der Waals surface area contributed by atoms with Gasteiger partial charge in [-0.05, 0) is 87.5 Å². The molecule has 0 aliphatic carbocycles. The summed E-state index contributed by atoms with van der Waals surface area (Å²) >= 11 is 6.20. The Morgan fingerprint density at radius 1 is 1.16 bits per heavy atom. The van der Waals surface area contributed by atoms with Crippen molar-refractivity contribution in [2.75, 3.05) is 30.8 Å². The molecule has 0 spiro atoms.